The minimum Gasteiger partial charge on any atom is -0.396 e. The van der Waals surface area contributed by atoms with Gasteiger partial charge in [-0.15, -0.1) is 0 Å². The fourth-order valence-electron chi connectivity index (χ4n) is 1.77. The molecule has 0 aliphatic heterocycles. The predicted molar refractivity (Wildman–Crippen MR) is 73.4 cm³/mol. The van der Waals surface area contributed by atoms with Gasteiger partial charge < -0.3 is 15.7 Å². The third kappa shape index (κ3) is 5.81. The number of benzene rings is 1. The molecule has 1 unspecified atom stereocenters. The summed E-state index contributed by atoms with van der Waals surface area (Å²) in [5.74, 6) is -0.181. The van der Waals surface area contributed by atoms with Crippen molar-refractivity contribution in [2.45, 2.75) is 26.3 Å². The van der Waals surface area contributed by atoms with Gasteiger partial charge in [-0.2, -0.15) is 0 Å². The van der Waals surface area contributed by atoms with Gasteiger partial charge in [0.15, 0.2) is 0 Å². The van der Waals surface area contributed by atoms with Crippen LogP contribution in [0.2, 0.25) is 0 Å². The Kier molecular flexibility index (Phi) is 6.45. The van der Waals surface area contributed by atoms with Crippen molar-refractivity contribution in [3.63, 3.8) is 0 Å². The largest absolute Gasteiger partial charge is 0.396 e. The maximum absolute atomic E-state index is 12.7. The Hall–Kier alpha value is -1.46. The van der Waals surface area contributed by atoms with Crippen LogP contribution in [0.3, 0.4) is 0 Å². The average molecular weight is 268 g/mol. The summed E-state index contributed by atoms with van der Waals surface area (Å²) in [6.07, 6.45) is 0.613. The Labute approximate surface area is 113 Å². The molecule has 0 heterocycles. The molecule has 1 rings (SSSR count). The zero-order chi connectivity index (χ0) is 14.3. The molecule has 0 spiro atoms. The molecule has 0 aliphatic rings. The van der Waals surface area contributed by atoms with Gasteiger partial charge in [0.1, 0.15) is 5.82 Å². The Morgan fingerprint density at radius 2 is 1.95 bits per heavy atom. The highest BCUT2D eigenvalue weighted by Gasteiger charge is 2.13. The lowest BCUT2D eigenvalue weighted by Gasteiger charge is -2.21. The number of nitrogens with one attached hydrogen (secondary N) is 2. The number of carbonyl (C=O) groups excluding carboxylic acids is 1. The van der Waals surface area contributed by atoms with Gasteiger partial charge in [0, 0.05) is 18.3 Å². The Bertz CT molecular complexity index is 393. The third-order valence-electron chi connectivity index (χ3n) is 2.90. The number of anilines is 1. The number of rotatable bonds is 7. The second kappa shape index (κ2) is 7.86. The Balaban J connectivity index is 2.40. The first kappa shape index (κ1) is 15.6. The number of halogens is 1. The van der Waals surface area contributed by atoms with E-state index in [-0.39, 0.29) is 30.9 Å². The number of aliphatic hydroxyl groups is 1. The summed E-state index contributed by atoms with van der Waals surface area (Å²) in [5, 5.41) is 14.7. The quantitative estimate of drug-likeness (QED) is 0.706. The van der Waals surface area contributed by atoms with Gasteiger partial charge >= 0.3 is 0 Å². The van der Waals surface area contributed by atoms with Crippen LogP contribution in [-0.2, 0) is 4.79 Å². The fraction of sp³-hybridized carbons (Fsp3) is 0.500. The van der Waals surface area contributed by atoms with Crippen molar-refractivity contribution in [2.75, 3.05) is 18.5 Å². The number of hydrogen-bond donors (Lipinski definition) is 3. The normalized spacial score (nSPS) is 12.5. The molecule has 1 aromatic rings. The second-order valence-electron chi connectivity index (χ2n) is 4.80. The molecular weight excluding hydrogens is 247 g/mol. The molecule has 0 fully saturated rings. The standard InChI is InChI=1S/C14H21FN2O2/c1-10(2)13(7-8-18)16-9-14(19)17-12-5-3-11(15)4-6-12/h3-6,10,13,16,18H,7-9H2,1-2H3,(H,17,19). The van der Waals surface area contributed by atoms with Crippen LogP contribution in [-0.4, -0.2) is 30.2 Å². The van der Waals surface area contributed by atoms with E-state index in [2.05, 4.69) is 10.6 Å². The highest BCUT2D eigenvalue weighted by Crippen LogP contribution is 2.08. The van der Waals surface area contributed by atoms with Crippen molar-refractivity contribution in [3.8, 4) is 0 Å². The molecule has 3 N–H and O–H groups in total. The van der Waals surface area contributed by atoms with Crippen molar-refractivity contribution in [3.05, 3.63) is 30.1 Å². The summed E-state index contributed by atoms with van der Waals surface area (Å²) in [6, 6.07) is 5.73. The number of hydrogen-bond acceptors (Lipinski definition) is 3. The van der Waals surface area contributed by atoms with E-state index >= 15 is 0 Å². The Morgan fingerprint density at radius 3 is 2.47 bits per heavy atom. The van der Waals surface area contributed by atoms with Crippen LogP contribution in [0.5, 0.6) is 0 Å². The third-order valence-corrected chi connectivity index (χ3v) is 2.90. The van der Waals surface area contributed by atoms with Crippen molar-refractivity contribution < 1.29 is 14.3 Å². The van der Waals surface area contributed by atoms with Crippen molar-refractivity contribution in [1.29, 1.82) is 0 Å². The van der Waals surface area contributed by atoms with Crippen LogP contribution < -0.4 is 10.6 Å². The second-order valence-corrected chi connectivity index (χ2v) is 4.80. The first-order chi connectivity index (χ1) is 9.02. The smallest absolute Gasteiger partial charge is 0.238 e. The van der Waals surface area contributed by atoms with E-state index in [1.54, 1.807) is 0 Å². The van der Waals surface area contributed by atoms with Crippen LogP contribution in [0.25, 0.3) is 0 Å². The van der Waals surface area contributed by atoms with Crippen molar-refractivity contribution in [1.82, 2.24) is 5.32 Å². The van der Waals surface area contributed by atoms with E-state index in [9.17, 15) is 9.18 Å². The monoisotopic (exact) mass is 268 g/mol. The lowest BCUT2D eigenvalue weighted by Crippen LogP contribution is -2.39. The van der Waals surface area contributed by atoms with Crippen LogP contribution in [0.1, 0.15) is 20.3 Å². The molecule has 1 atom stereocenters. The van der Waals surface area contributed by atoms with Crippen LogP contribution >= 0.6 is 0 Å². The molecule has 1 aromatic carbocycles. The summed E-state index contributed by atoms with van der Waals surface area (Å²) in [5.41, 5.74) is 0.566. The molecule has 5 heteroatoms. The van der Waals surface area contributed by atoms with Crippen LogP contribution in [0.4, 0.5) is 10.1 Å². The molecule has 0 aliphatic carbocycles. The molecular formula is C14H21FN2O2. The van der Waals surface area contributed by atoms with Gasteiger partial charge in [-0.25, -0.2) is 4.39 Å². The van der Waals surface area contributed by atoms with E-state index in [1.807, 2.05) is 13.8 Å². The average Bonchev–Trinajstić information content (AvgIpc) is 2.37. The molecule has 0 radical (unpaired) electrons. The first-order valence-corrected chi connectivity index (χ1v) is 6.42. The number of aliphatic hydroxyl groups excluding tert-OH is 1. The van der Waals surface area contributed by atoms with E-state index in [4.69, 9.17) is 5.11 Å². The fourth-order valence-corrected chi connectivity index (χ4v) is 1.77. The summed E-state index contributed by atoms with van der Waals surface area (Å²) in [6.45, 7) is 4.33. The van der Waals surface area contributed by atoms with Gasteiger partial charge in [0.25, 0.3) is 0 Å². The highest BCUT2D eigenvalue weighted by atomic mass is 19.1. The van der Waals surface area contributed by atoms with Crippen LogP contribution in [0, 0.1) is 11.7 Å². The lowest BCUT2D eigenvalue weighted by atomic mass is 10.0. The highest BCUT2D eigenvalue weighted by molar-refractivity contribution is 5.92. The molecule has 0 saturated carbocycles. The SMILES string of the molecule is CC(C)C(CCO)NCC(=O)Nc1ccc(F)cc1. The number of amides is 1. The zero-order valence-electron chi connectivity index (χ0n) is 11.3. The Morgan fingerprint density at radius 1 is 1.32 bits per heavy atom. The predicted octanol–water partition coefficient (Wildman–Crippen LogP) is 1.76. The summed E-state index contributed by atoms with van der Waals surface area (Å²) < 4.78 is 12.7. The molecule has 19 heavy (non-hydrogen) atoms. The maximum atomic E-state index is 12.7. The van der Waals surface area contributed by atoms with E-state index in [1.165, 1.54) is 24.3 Å². The van der Waals surface area contributed by atoms with Gasteiger partial charge in [-0.3, -0.25) is 4.79 Å². The minimum atomic E-state index is -0.334. The summed E-state index contributed by atoms with van der Waals surface area (Å²) in [4.78, 5) is 11.7. The minimum absolute atomic E-state index is 0.0927. The van der Waals surface area contributed by atoms with E-state index in [0.29, 0.717) is 18.0 Å². The molecule has 0 saturated heterocycles. The van der Waals surface area contributed by atoms with Crippen LogP contribution in [0.15, 0.2) is 24.3 Å². The lowest BCUT2D eigenvalue weighted by molar-refractivity contribution is -0.115. The summed E-state index contributed by atoms with van der Waals surface area (Å²) >= 11 is 0. The van der Waals surface area contributed by atoms with E-state index in [0.717, 1.165) is 0 Å². The van der Waals surface area contributed by atoms with Gasteiger partial charge in [0.2, 0.25) is 5.91 Å². The first-order valence-electron chi connectivity index (χ1n) is 6.42. The molecule has 1 amide bonds. The molecule has 0 bridgehead atoms. The topological polar surface area (TPSA) is 61.4 Å². The number of carbonyl (C=O) groups is 1. The maximum Gasteiger partial charge on any atom is 0.238 e. The molecule has 106 valence electrons. The molecule has 0 aromatic heterocycles. The van der Waals surface area contributed by atoms with Crippen molar-refractivity contribution >= 4 is 11.6 Å². The van der Waals surface area contributed by atoms with Gasteiger partial charge in [0.05, 0.1) is 6.54 Å². The summed E-state index contributed by atoms with van der Waals surface area (Å²) in [7, 11) is 0. The van der Waals surface area contributed by atoms with Gasteiger partial charge in [-0.1, -0.05) is 13.8 Å². The van der Waals surface area contributed by atoms with Gasteiger partial charge in [-0.05, 0) is 36.6 Å². The zero-order valence-corrected chi connectivity index (χ0v) is 11.3. The molecule has 4 nitrogen and oxygen atoms in total. The van der Waals surface area contributed by atoms with Crippen molar-refractivity contribution in [2.24, 2.45) is 5.92 Å². The van der Waals surface area contributed by atoms with E-state index < -0.39 is 0 Å².